The van der Waals surface area contributed by atoms with Crippen LogP contribution in [0.4, 0.5) is 5.82 Å². The number of nitrogens with zero attached hydrogens (tertiary/aromatic N) is 1. The quantitative estimate of drug-likeness (QED) is 0.756. The molecule has 13 heavy (non-hydrogen) atoms. The Hall–Kier alpha value is -1.35. The number of nitrogen functional groups attached to an aromatic ring is 1. The summed E-state index contributed by atoms with van der Waals surface area (Å²) in [5, 5.41) is 0. The first kappa shape index (κ1) is 11.6. The summed E-state index contributed by atoms with van der Waals surface area (Å²) in [6.07, 6.45) is 1.66. The van der Waals surface area contributed by atoms with Crippen molar-refractivity contribution < 1.29 is 4.74 Å². The lowest BCUT2D eigenvalue weighted by Gasteiger charge is -1.91. The van der Waals surface area contributed by atoms with Crippen LogP contribution in [0.15, 0.2) is 24.8 Å². The summed E-state index contributed by atoms with van der Waals surface area (Å²) >= 11 is 0. The van der Waals surface area contributed by atoms with Gasteiger partial charge in [0.2, 0.25) is 0 Å². The molecule has 0 saturated carbocycles. The van der Waals surface area contributed by atoms with Crippen molar-refractivity contribution in [3.63, 3.8) is 0 Å². The van der Waals surface area contributed by atoms with Crippen LogP contribution in [0, 0.1) is 0 Å². The second-order valence-corrected chi connectivity index (χ2v) is 2.27. The van der Waals surface area contributed by atoms with Gasteiger partial charge in [-0.2, -0.15) is 0 Å². The van der Waals surface area contributed by atoms with Gasteiger partial charge in [-0.3, -0.25) is 0 Å². The van der Waals surface area contributed by atoms with E-state index in [0.717, 1.165) is 12.3 Å². The lowest BCUT2D eigenvalue weighted by Crippen LogP contribution is -1.89. The smallest absolute Gasteiger partial charge is 0.124 e. The number of hydrogen-bond acceptors (Lipinski definition) is 3. The number of ether oxygens (including phenoxy) is 1. The average Bonchev–Trinajstić information content (AvgIpc) is 2.18. The van der Waals surface area contributed by atoms with E-state index in [0.29, 0.717) is 5.82 Å². The van der Waals surface area contributed by atoms with Crippen molar-refractivity contribution in [2.24, 2.45) is 0 Å². The zero-order chi connectivity index (χ0) is 10.1. The van der Waals surface area contributed by atoms with Crippen LogP contribution in [-0.2, 0) is 4.74 Å². The predicted octanol–water partition coefficient (Wildman–Crippen LogP) is 1.96. The fourth-order valence-electron chi connectivity index (χ4n) is 0.583. The second-order valence-electron chi connectivity index (χ2n) is 2.27. The minimum Gasteiger partial charge on any atom is -0.385 e. The lowest BCUT2D eigenvalue weighted by molar-refractivity contribution is 0.215. The van der Waals surface area contributed by atoms with E-state index in [9.17, 15) is 0 Å². The molecule has 0 spiro atoms. The topological polar surface area (TPSA) is 48.1 Å². The van der Waals surface area contributed by atoms with E-state index >= 15 is 0 Å². The minimum atomic E-state index is 0.535. The van der Waals surface area contributed by atoms with E-state index in [1.807, 2.05) is 19.1 Å². The Morgan fingerprint density at radius 2 is 2.23 bits per heavy atom. The number of hydrogen-bond donors (Lipinski definition) is 1. The Morgan fingerprint density at radius 3 is 2.54 bits per heavy atom. The molecular weight excluding hydrogens is 164 g/mol. The molecule has 72 valence electrons. The molecular formula is C10H16N2O. The molecule has 3 heteroatoms. The van der Waals surface area contributed by atoms with Gasteiger partial charge in [0.25, 0.3) is 0 Å². The van der Waals surface area contributed by atoms with Gasteiger partial charge in [0, 0.05) is 13.7 Å². The summed E-state index contributed by atoms with van der Waals surface area (Å²) in [5.74, 6) is 0.535. The fraction of sp³-hybridized carbons (Fsp3) is 0.300. The van der Waals surface area contributed by atoms with Crippen LogP contribution in [0.1, 0.15) is 12.6 Å². The fourth-order valence-corrected chi connectivity index (χ4v) is 0.583. The second kappa shape index (κ2) is 7.31. The average molecular weight is 180 g/mol. The predicted molar refractivity (Wildman–Crippen MR) is 56.3 cm³/mol. The van der Waals surface area contributed by atoms with E-state index in [1.54, 1.807) is 19.3 Å². The molecule has 1 rings (SSSR count). The Bertz CT molecular complexity index is 246. The maximum atomic E-state index is 5.38. The van der Waals surface area contributed by atoms with Crippen molar-refractivity contribution in [3.8, 4) is 0 Å². The molecule has 0 bridgehead atoms. The summed E-state index contributed by atoms with van der Waals surface area (Å²) in [5.41, 5.74) is 6.19. The minimum absolute atomic E-state index is 0.535. The first-order valence-corrected chi connectivity index (χ1v) is 4.08. The van der Waals surface area contributed by atoms with Crippen molar-refractivity contribution in [1.29, 1.82) is 0 Å². The highest BCUT2D eigenvalue weighted by Crippen LogP contribution is 1.99. The number of pyridine rings is 1. The molecule has 0 fully saturated rings. The van der Waals surface area contributed by atoms with Gasteiger partial charge in [-0.25, -0.2) is 4.98 Å². The van der Waals surface area contributed by atoms with E-state index in [4.69, 9.17) is 5.73 Å². The molecule has 2 N–H and O–H groups in total. The monoisotopic (exact) mass is 180 g/mol. The highest BCUT2D eigenvalue weighted by molar-refractivity contribution is 5.44. The maximum Gasteiger partial charge on any atom is 0.124 e. The molecule has 3 nitrogen and oxygen atoms in total. The van der Waals surface area contributed by atoms with Crippen LogP contribution >= 0.6 is 0 Å². The third kappa shape index (κ3) is 5.87. The van der Waals surface area contributed by atoms with E-state index in [-0.39, 0.29) is 0 Å². The largest absolute Gasteiger partial charge is 0.385 e. The molecule has 0 amide bonds. The zero-order valence-corrected chi connectivity index (χ0v) is 8.16. The molecule has 0 saturated heterocycles. The van der Waals surface area contributed by atoms with E-state index < -0.39 is 0 Å². The zero-order valence-electron chi connectivity index (χ0n) is 8.16. The number of rotatable bonds is 2. The molecule has 0 unspecified atom stereocenters. The van der Waals surface area contributed by atoms with Gasteiger partial charge in [-0.15, -0.1) is 0 Å². The number of methoxy groups -OCH3 is 1. The van der Waals surface area contributed by atoms with Gasteiger partial charge in [0.15, 0.2) is 0 Å². The van der Waals surface area contributed by atoms with Crippen molar-refractivity contribution in [2.45, 2.75) is 6.92 Å². The Labute approximate surface area is 79.2 Å². The molecule has 1 aromatic rings. The van der Waals surface area contributed by atoms with E-state index in [2.05, 4.69) is 16.3 Å². The summed E-state index contributed by atoms with van der Waals surface area (Å²) in [6, 6.07) is 5.44. The molecule has 1 aromatic heterocycles. The molecule has 0 atom stereocenters. The van der Waals surface area contributed by atoms with Crippen molar-refractivity contribution >= 4 is 11.9 Å². The van der Waals surface area contributed by atoms with Crippen molar-refractivity contribution in [1.82, 2.24) is 4.98 Å². The maximum absolute atomic E-state index is 5.38. The van der Waals surface area contributed by atoms with Crippen LogP contribution in [0.5, 0.6) is 0 Å². The Kier molecular flexibility index (Phi) is 6.55. The number of nitrogens with two attached hydrogens (primary N) is 1. The van der Waals surface area contributed by atoms with Gasteiger partial charge in [-0.05, 0) is 25.1 Å². The molecule has 0 radical (unpaired) electrons. The van der Waals surface area contributed by atoms with Gasteiger partial charge in [-0.1, -0.05) is 12.6 Å². The van der Waals surface area contributed by atoms with Crippen LogP contribution in [0.3, 0.4) is 0 Å². The first-order chi connectivity index (χ1) is 6.24. The normalized spacial score (nSPS) is 8.46. The molecule has 0 aliphatic rings. The third-order valence-corrected chi connectivity index (χ3v) is 1.29. The molecule has 0 aliphatic carbocycles. The molecule has 1 heterocycles. The first-order valence-electron chi connectivity index (χ1n) is 4.08. The van der Waals surface area contributed by atoms with Crippen LogP contribution < -0.4 is 5.73 Å². The van der Waals surface area contributed by atoms with Crippen LogP contribution in [0.2, 0.25) is 0 Å². The highest BCUT2D eigenvalue weighted by atomic mass is 16.5. The molecule has 0 aliphatic heterocycles. The van der Waals surface area contributed by atoms with Crippen molar-refractivity contribution in [2.75, 3.05) is 19.5 Å². The van der Waals surface area contributed by atoms with Crippen molar-refractivity contribution in [3.05, 3.63) is 30.5 Å². The van der Waals surface area contributed by atoms with E-state index in [1.165, 1.54) is 0 Å². The van der Waals surface area contributed by atoms with Gasteiger partial charge < -0.3 is 10.5 Å². The number of aromatic nitrogens is 1. The Morgan fingerprint density at radius 1 is 1.62 bits per heavy atom. The summed E-state index contributed by atoms with van der Waals surface area (Å²) in [7, 11) is 1.68. The SMILES string of the molecule is C=Cc1cccc(N)n1.CCOC. The highest BCUT2D eigenvalue weighted by Gasteiger charge is 1.85. The van der Waals surface area contributed by atoms with Crippen LogP contribution in [0.25, 0.3) is 6.08 Å². The van der Waals surface area contributed by atoms with Gasteiger partial charge in [0.1, 0.15) is 5.82 Å². The third-order valence-electron chi connectivity index (χ3n) is 1.29. The lowest BCUT2D eigenvalue weighted by atomic mass is 10.3. The summed E-state index contributed by atoms with van der Waals surface area (Å²) in [4.78, 5) is 3.95. The Balaban J connectivity index is 0.000000310. The summed E-state index contributed by atoms with van der Waals surface area (Å²) in [6.45, 7) is 6.33. The number of anilines is 1. The van der Waals surface area contributed by atoms with Gasteiger partial charge in [0.05, 0.1) is 5.69 Å². The van der Waals surface area contributed by atoms with Crippen LogP contribution in [-0.4, -0.2) is 18.7 Å². The standard InChI is InChI=1S/C7H8N2.C3H8O/c1-2-6-4-3-5-7(8)9-6;1-3-4-2/h2-5H,1H2,(H2,8,9);3H2,1-2H3. The van der Waals surface area contributed by atoms with Gasteiger partial charge >= 0.3 is 0 Å². The summed E-state index contributed by atoms with van der Waals surface area (Å²) < 4.78 is 4.54. The molecule has 0 aromatic carbocycles.